The van der Waals surface area contributed by atoms with Gasteiger partial charge in [0, 0.05) is 22.3 Å². The molecule has 1 aromatic heterocycles. The van der Waals surface area contributed by atoms with Gasteiger partial charge in [-0.2, -0.15) is 4.98 Å². The van der Waals surface area contributed by atoms with Crippen LogP contribution >= 0.6 is 15.9 Å². The smallest absolute Gasteiger partial charge is 0.257 e. The van der Waals surface area contributed by atoms with Crippen LogP contribution in [0.5, 0.6) is 0 Å². The molecule has 3 aromatic rings. The first-order valence-corrected chi connectivity index (χ1v) is 10.5. The van der Waals surface area contributed by atoms with Crippen molar-refractivity contribution in [1.82, 2.24) is 15.0 Å². The number of carbonyl (C=O) groups excluding carboxylic acids is 1. The van der Waals surface area contributed by atoms with Crippen LogP contribution in [0.15, 0.2) is 57.5 Å². The number of rotatable bonds is 5. The van der Waals surface area contributed by atoms with Gasteiger partial charge in [-0.3, -0.25) is 9.69 Å². The molecular formula is C22H23BrN4O2. The largest absolute Gasteiger partial charge is 0.334 e. The first-order chi connectivity index (χ1) is 14.1. The van der Waals surface area contributed by atoms with E-state index >= 15 is 0 Å². The van der Waals surface area contributed by atoms with Gasteiger partial charge in [0.25, 0.3) is 5.89 Å². The molecule has 2 heterocycles. The van der Waals surface area contributed by atoms with Gasteiger partial charge >= 0.3 is 0 Å². The van der Waals surface area contributed by atoms with Crippen molar-refractivity contribution < 1.29 is 9.32 Å². The molecular weight excluding hydrogens is 432 g/mol. The van der Waals surface area contributed by atoms with Gasteiger partial charge in [0.05, 0.1) is 12.5 Å². The summed E-state index contributed by atoms with van der Waals surface area (Å²) in [5.74, 6) is 1.19. The quantitative estimate of drug-likeness (QED) is 0.606. The molecule has 0 unspecified atom stereocenters. The lowest BCUT2D eigenvalue weighted by atomic mass is 9.97. The maximum absolute atomic E-state index is 12.7. The van der Waals surface area contributed by atoms with Gasteiger partial charge in [-0.1, -0.05) is 38.8 Å². The summed E-state index contributed by atoms with van der Waals surface area (Å²) in [4.78, 5) is 19.4. The summed E-state index contributed by atoms with van der Waals surface area (Å²) < 4.78 is 6.41. The summed E-state index contributed by atoms with van der Waals surface area (Å²) in [5.41, 5.74) is 2.92. The average Bonchev–Trinajstić information content (AvgIpc) is 3.19. The number of likely N-dealkylation sites (tertiary alicyclic amines) is 1. The molecule has 1 N–H and O–H groups in total. The molecule has 4 rings (SSSR count). The van der Waals surface area contributed by atoms with Crippen molar-refractivity contribution in [1.29, 1.82) is 0 Å². The molecule has 1 saturated heterocycles. The van der Waals surface area contributed by atoms with E-state index in [1.165, 1.54) is 5.56 Å². The minimum absolute atomic E-state index is 0.0455. The lowest BCUT2D eigenvalue weighted by Gasteiger charge is -2.31. The summed E-state index contributed by atoms with van der Waals surface area (Å²) in [6.07, 6.45) is 1.86. The Labute approximate surface area is 178 Å². The molecule has 0 aliphatic carbocycles. The second kappa shape index (κ2) is 8.88. The minimum Gasteiger partial charge on any atom is -0.334 e. The maximum atomic E-state index is 12.7. The number of aromatic nitrogens is 2. The number of amides is 1. The van der Waals surface area contributed by atoms with Crippen LogP contribution in [0.4, 0.5) is 5.69 Å². The topological polar surface area (TPSA) is 71.3 Å². The van der Waals surface area contributed by atoms with Gasteiger partial charge in [0.1, 0.15) is 0 Å². The maximum Gasteiger partial charge on any atom is 0.257 e. The van der Waals surface area contributed by atoms with Crippen LogP contribution < -0.4 is 5.32 Å². The number of hydrogen-bond acceptors (Lipinski definition) is 5. The van der Waals surface area contributed by atoms with Gasteiger partial charge in [0.15, 0.2) is 5.82 Å². The molecule has 7 heteroatoms. The number of aryl methyl sites for hydroxylation is 1. The number of hydrogen-bond donors (Lipinski definition) is 1. The van der Waals surface area contributed by atoms with Crippen molar-refractivity contribution in [3.63, 3.8) is 0 Å². The molecule has 1 fully saturated rings. The molecule has 6 nitrogen and oxygen atoms in total. The zero-order chi connectivity index (χ0) is 20.2. The van der Waals surface area contributed by atoms with E-state index < -0.39 is 0 Å². The molecule has 0 radical (unpaired) electrons. The highest BCUT2D eigenvalue weighted by molar-refractivity contribution is 9.10. The first kappa shape index (κ1) is 19.8. The Kier molecular flexibility index (Phi) is 6.06. The highest BCUT2D eigenvalue weighted by Gasteiger charge is 2.27. The number of anilines is 1. The molecule has 1 aliphatic rings. The molecule has 0 spiro atoms. The average molecular weight is 455 g/mol. The zero-order valence-electron chi connectivity index (χ0n) is 16.3. The van der Waals surface area contributed by atoms with Crippen LogP contribution in [-0.4, -0.2) is 34.0 Å². The van der Waals surface area contributed by atoms with E-state index in [0.717, 1.165) is 35.1 Å². The zero-order valence-corrected chi connectivity index (χ0v) is 17.9. The number of nitrogens with zero attached hydrogens (tertiary/aromatic N) is 3. The van der Waals surface area contributed by atoms with Crippen LogP contribution in [0.3, 0.4) is 0 Å². The van der Waals surface area contributed by atoms with E-state index in [1.807, 2.05) is 55.5 Å². The lowest BCUT2D eigenvalue weighted by Crippen LogP contribution is -2.40. The Bertz CT molecular complexity index is 969. The third-order valence-corrected chi connectivity index (χ3v) is 5.65. The van der Waals surface area contributed by atoms with E-state index in [4.69, 9.17) is 4.52 Å². The Morgan fingerprint density at radius 1 is 1.21 bits per heavy atom. The van der Waals surface area contributed by atoms with Crippen molar-refractivity contribution in [2.75, 3.05) is 18.4 Å². The fourth-order valence-electron chi connectivity index (χ4n) is 3.52. The van der Waals surface area contributed by atoms with E-state index in [2.05, 4.69) is 36.3 Å². The monoisotopic (exact) mass is 454 g/mol. The van der Waals surface area contributed by atoms with Crippen molar-refractivity contribution in [3.8, 4) is 11.5 Å². The number of benzene rings is 2. The van der Waals surface area contributed by atoms with Gasteiger partial charge in [-0.25, -0.2) is 0 Å². The predicted molar refractivity (Wildman–Crippen MR) is 115 cm³/mol. The summed E-state index contributed by atoms with van der Waals surface area (Å²) in [6, 6.07) is 15.7. The van der Waals surface area contributed by atoms with E-state index in [0.29, 0.717) is 24.8 Å². The second-order valence-corrected chi connectivity index (χ2v) is 8.37. The van der Waals surface area contributed by atoms with Crippen LogP contribution in [0.1, 0.15) is 24.2 Å². The predicted octanol–water partition coefficient (Wildman–Crippen LogP) is 4.66. The van der Waals surface area contributed by atoms with Crippen molar-refractivity contribution >= 4 is 27.5 Å². The van der Waals surface area contributed by atoms with Gasteiger partial charge in [-0.05, 0) is 62.7 Å². The number of halogens is 1. The Balaban J connectivity index is 1.35. The van der Waals surface area contributed by atoms with Crippen LogP contribution in [0, 0.1) is 12.8 Å². The standard InChI is InChI=1S/C22H23BrN4O2/c1-15-4-6-16(7-5-15)22-25-20(26-29-22)14-27-12-2-3-17(13-27)21(28)24-19-10-8-18(23)9-11-19/h4-11,17H,2-3,12-14H2,1H3,(H,24,28)/t17-/m1/s1. The van der Waals surface area contributed by atoms with Crippen molar-refractivity contribution in [2.24, 2.45) is 5.92 Å². The normalized spacial score (nSPS) is 17.2. The molecule has 29 heavy (non-hydrogen) atoms. The molecule has 0 bridgehead atoms. The molecule has 1 amide bonds. The summed E-state index contributed by atoms with van der Waals surface area (Å²) >= 11 is 3.41. The first-order valence-electron chi connectivity index (χ1n) is 9.75. The second-order valence-electron chi connectivity index (χ2n) is 7.45. The van der Waals surface area contributed by atoms with Crippen molar-refractivity contribution in [2.45, 2.75) is 26.3 Å². The van der Waals surface area contributed by atoms with Gasteiger partial charge in [0.2, 0.25) is 5.91 Å². The minimum atomic E-state index is -0.0455. The Morgan fingerprint density at radius 3 is 2.72 bits per heavy atom. The SMILES string of the molecule is Cc1ccc(-c2nc(CN3CCC[C@@H](C(=O)Nc4ccc(Br)cc4)C3)no2)cc1. The van der Waals surface area contributed by atoms with Gasteiger partial charge < -0.3 is 9.84 Å². The highest BCUT2D eigenvalue weighted by atomic mass is 79.9. The molecule has 2 aromatic carbocycles. The van der Waals surface area contributed by atoms with Crippen LogP contribution in [0.2, 0.25) is 0 Å². The molecule has 1 aliphatic heterocycles. The summed E-state index contributed by atoms with van der Waals surface area (Å²) in [6.45, 7) is 4.24. The lowest BCUT2D eigenvalue weighted by molar-refractivity contribution is -0.121. The Hall–Kier alpha value is -2.51. The third kappa shape index (κ3) is 5.10. The highest BCUT2D eigenvalue weighted by Crippen LogP contribution is 2.22. The molecule has 1 atom stereocenters. The third-order valence-electron chi connectivity index (χ3n) is 5.12. The van der Waals surface area contributed by atoms with Gasteiger partial charge in [-0.15, -0.1) is 0 Å². The van der Waals surface area contributed by atoms with Crippen LogP contribution in [-0.2, 0) is 11.3 Å². The molecule has 0 saturated carbocycles. The number of carbonyl (C=O) groups is 1. The Morgan fingerprint density at radius 2 is 1.97 bits per heavy atom. The number of piperidine rings is 1. The summed E-state index contributed by atoms with van der Waals surface area (Å²) in [7, 11) is 0. The van der Waals surface area contributed by atoms with E-state index in [-0.39, 0.29) is 11.8 Å². The van der Waals surface area contributed by atoms with E-state index in [1.54, 1.807) is 0 Å². The van der Waals surface area contributed by atoms with Crippen LogP contribution in [0.25, 0.3) is 11.5 Å². The fourth-order valence-corrected chi connectivity index (χ4v) is 3.79. The van der Waals surface area contributed by atoms with Crippen molar-refractivity contribution in [3.05, 3.63) is 64.4 Å². The van der Waals surface area contributed by atoms with E-state index in [9.17, 15) is 4.79 Å². The fraction of sp³-hybridized carbons (Fsp3) is 0.318. The summed E-state index contributed by atoms with van der Waals surface area (Å²) in [5, 5.41) is 7.14. The number of nitrogens with one attached hydrogen (secondary N) is 1. The molecule has 150 valence electrons.